The van der Waals surface area contributed by atoms with Crippen molar-refractivity contribution < 1.29 is 33.3 Å². The molecule has 9 heteroatoms. The number of rotatable bonds is 8. The summed E-state index contributed by atoms with van der Waals surface area (Å²) >= 11 is 1.37. The number of ether oxygens (including phenoxy) is 4. The van der Waals surface area contributed by atoms with E-state index in [1.165, 1.54) is 25.6 Å². The first kappa shape index (κ1) is 22.6. The fourth-order valence-corrected chi connectivity index (χ4v) is 4.79. The second kappa shape index (κ2) is 10.3. The van der Waals surface area contributed by atoms with Gasteiger partial charge in [-0.25, -0.2) is 9.59 Å². The Balaban J connectivity index is 1.73. The quantitative estimate of drug-likeness (QED) is 0.617. The van der Waals surface area contributed by atoms with Crippen LogP contribution in [0.3, 0.4) is 0 Å². The van der Waals surface area contributed by atoms with E-state index in [1.54, 1.807) is 25.1 Å². The Hall–Kier alpha value is -3.07. The molecule has 1 N–H and O–H groups in total. The summed E-state index contributed by atoms with van der Waals surface area (Å²) in [5.41, 5.74) is 1.45. The maximum Gasteiger partial charge on any atom is 0.346 e. The van der Waals surface area contributed by atoms with Crippen LogP contribution >= 0.6 is 11.3 Å². The first-order chi connectivity index (χ1) is 15.0. The zero-order valence-electron chi connectivity index (χ0n) is 17.7. The third-order valence-corrected chi connectivity index (χ3v) is 6.08. The number of amides is 1. The number of hydrogen-bond donors (Lipinski definition) is 1. The van der Waals surface area contributed by atoms with Gasteiger partial charge in [-0.1, -0.05) is 6.07 Å². The van der Waals surface area contributed by atoms with Crippen LogP contribution in [-0.4, -0.2) is 45.3 Å². The van der Waals surface area contributed by atoms with Crippen molar-refractivity contribution in [3.05, 3.63) is 39.8 Å². The molecule has 1 aromatic heterocycles. The maximum atomic E-state index is 12.5. The van der Waals surface area contributed by atoms with E-state index in [0.717, 1.165) is 36.1 Å². The van der Waals surface area contributed by atoms with Crippen LogP contribution in [0.25, 0.3) is 0 Å². The Labute approximate surface area is 184 Å². The smallest absolute Gasteiger partial charge is 0.346 e. The summed E-state index contributed by atoms with van der Waals surface area (Å²) < 4.78 is 20.7. The van der Waals surface area contributed by atoms with E-state index in [0.29, 0.717) is 10.6 Å². The van der Waals surface area contributed by atoms with Gasteiger partial charge in [0.2, 0.25) is 0 Å². The number of fused-ring (bicyclic) bond motifs is 1. The first-order valence-electron chi connectivity index (χ1n) is 9.99. The van der Waals surface area contributed by atoms with Crippen LogP contribution in [0.15, 0.2) is 18.2 Å². The molecule has 0 bridgehead atoms. The molecule has 0 radical (unpaired) electrons. The molecule has 1 aliphatic rings. The summed E-state index contributed by atoms with van der Waals surface area (Å²) in [4.78, 5) is 38.6. The molecular formula is C22H25NO7S. The number of anilines is 1. The third-order valence-electron chi connectivity index (χ3n) is 4.87. The molecule has 0 aliphatic heterocycles. The molecule has 0 unspecified atom stereocenters. The van der Waals surface area contributed by atoms with Crippen LogP contribution in [-0.2, 0) is 27.1 Å². The van der Waals surface area contributed by atoms with Gasteiger partial charge in [0.15, 0.2) is 6.61 Å². The molecule has 0 spiro atoms. The number of aryl methyl sites for hydroxylation is 1. The predicted octanol–water partition coefficient (Wildman–Crippen LogP) is 3.62. The minimum atomic E-state index is -0.749. The average molecular weight is 448 g/mol. The number of carbonyl (C=O) groups is 3. The molecule has 31 heavy (non-hydrogen) atoms. The van der Waals surface area contributed by atoms with Crippen molar-refractivity contribution in [2.45, 2.75) is 32.6 Å². The minimum absolute atomic E-state index is 0.0964. The highest BCUT2D eigenvalue weighted by Crippen LogP contribution is 2.38. The van der Waals surface area contributed by atoms with E-state index < -0.39 is 24.5 Å². The molecular weight excluding hydrogens is 422 g/mol. The van der Waals surface area contributed by atoms with E-state index in [2.05, 4.69) is 5.32 Å². The molecule has 1 heterocycles. The lowest BCUT2D eigenvalue weighted by Gasteiger charge is -2.13. The molecule has 8 nitrogen and oxygen atoms in total. The van der Waals surface area contributed by atoms with Gasteiger partial charge in [-0.3, -0.25) is 4.79 Å². The first-order valence-corrected chi connectivity index (χ1v) is 10.8. The molecule has 0 atom stereocenters. The summed E-state index contributed by atoms with van der Waals surface area (Å²) in [7, 11) is 2.85. The summed E-state index contributed by atoms with van der Waals surface area (Å²) in [5.74, 6) is -1.19. The highest BCUT2D eigenvalue weighted by molar-refractivity contribution is 7.17. The van der Waals surface area contributed by atoms with Crippen LogP contribution in [0.4, 0.5) is 5.00 Å². The number of nitrogens with one attached hydrogen (secondary N) is 1. The van der Waals surface area contributed by atoms with Crippen molar-refractivity contribution in [1.82, 2.24) is 0 Å². The van der Waals surface area contributed by atoms with Crippen molar-refractivity contribution in [1.29, 1.82) is 0 Å². The summed E-state index contributed by atoms with van der Waals surface area (Å²) in [5, 5.41) is 3.14. The number of methoxy groups -OCH3 is 2. The van der Waals surface area contributed by atoms with Crippen molar-refractivity contribution in [3.8, 4) is 11.5 Å². The van der Waals surface area contributed by atoms with E-state index in [-0.39, 0.29) is 23.7 Å². The van der Waals surface area contributed by atoms with Gasteiger partial charge in [0.1, 0.15) is 22.1 Å². The van der Waals surface area contributed by atoms with Crippen molar-refractivity contribution in [2.24, 2.45) is 0 Å². The van der Waals surface area contributed by atoms with Crippen LogP contribution in [0.2, 0.25) is 0 Å². The number of esters is 2. The Morgan fingerprint density at radius 1 is 0.968 bits per heavy atom. The SMILES string of the molecule is CCOC(=O)c1c(NC(=O)COC(=O)c2c(OC)cccc2OC)sc2c1CCCC2. The van der Waals surface area contributed by atoms with Gasteiger partial charge in [0.25, 0.3) is 5.91 Å². The van der Waals surface area contributed by atoms with Crippen molar-refractivity contribution in [2.75, 3.05) is 32.8 Å². The zero-order valence-corrected chi connectivity index (χ0v) is 18.6. The summed E-state index contributed by atoms with van der Waals surface area (Å²) in [6.07, 6.45) is 3.67. The van der Waals surface area contributed by atoms with Crippen molar-refractivity contribution >= 4 is 34.2 Å². The summed E-state index contributed by atoms with van der Waals surface area (Å²) in [6.45, 7) is 1.46. The van der Waals surface area contributed by atoms with Gasteiger partial charge >= 0.3 is 11.9 Å². The maximum absolute atomic E-state index is 12.5. The lowest BCUT2D eigenvalue weighted by atomic mass is 9.95. The fraction of sp³-hybridized carbons (Fsp3) is 0.409. The van der Waals surface area contributed by atoms with Crippen LogP contribution in [0, 0.1) is 0 Å². The monoisotopic (exact) mass is 447 g/mol. The Bertz CT molecular complexity index is 960. The number of thiophene rings is 1. The zero-order chi connectivity index (χ0) is 22.4. The largest absolute Gasteiger partial charge is 0.496 e. The molecule has 0 fully saturated rings. The number of hydrogen-bond acceptors (Lipinski definition) is 8. The van der Waals surface area contributed by atoms with Gasteiger partial charge in [0.05, 0.1) is 26.4 Å². The fourth-order valence-electron chi connectivity index (χ4n) is 3.49. The van der Waals surface area contributed by atoms with Crippen LogP contribution < -0.4 is 14.8 Å². The topological polar surface area (TPSA) is 100 Å². The predicted molar refractivity (Wildman–Crippen MR) is 115 cm³/mol. The van der Waals surface area contributed by atoms with Gasteiger partial charge in [0, 0.05) is 4.88 Å². The van der Waals surface area contributed by atoms with Crippen LogP contribution in [0.5, 0.6) is 11.5 Å². The Morgan fingerprint density at radius 2 is 1.61 bits per heavy atom. The average Bonchev–Trinajstić information content (AvgIpc) is 3.14. The van der Waals surface area contributed by atoms with Gasteiger partial charge in [-0.15, -0.1) is 11.3 Å². The van der Waals surface area contributed by atoms with Gasteiger partial charge < -0.3 is 24.3 Å². The molecule has 0 saturated heterocycles. The second-order valence-electron chi connectivity index (χ2n) is 6.80. The second-order valence-corrected chi connectivity index (χ2v) is 7.90. The molecule has 1 amide bonds. The van der Waals surface area contributed by atoms with E-state index >= 15 is 0 Å². The lowest BCUT2D eigenvalue weighted by molar-refractivity contribution is -0.119. The highest BCUT2D eigenvalue weighted by atomic mass is 32.1. The highest BCUT2D eigenvalue weighted by Gasteiger charge is 2.28. The molecule has 0 saturated carbocycles. The van der Waals surface area contributed by atoms with Crippen LogP contribution in [0.1, 0.15) is 50.9 Å². The molecule has 1 aromatic carbocycles. The standard InChI is InChI=1S/C22H25NO7S/c1-4-29-21(25)18-13-8-5-6-11-16(13)31-20(18)23-17(24)12-30-22(26)19-14(27-2)9-7-10-15(19)28-3/h7,9-10H,4-6,8,11-12H2,1-3H3,(H,23,24). The molecule has 3 rings (SSSR count). The molecule has 166 valence electrons. The third kappa shape index (κ3) is 4.99. The molecule has 1 aliphatic carbocycles. The number of carbonyl (C=O) groups excluding carboxylic acids is 3. The van der Waals surface area contributed by atoms with Gasteiger partial charge in [-0.05, 0) is 50.3 Å². The normalized spacial score (nSPS) is 12.5. The summed E-state index contributed by atoms with van der Waals surface area (Å²) in [6, 6.07) is 4.87. The Kier molecular flexibility index (Phi) is 7.51. The van der Waals surface area contributed by atoms with E-state index in [1.807, 2.05) is 0 Å². The lowest BCUT2D eigenvalue weighted by Crippen LogP contribution is -2.22. The van der Waals surface area contributed by atoms with E-state index in [4.69, 9.17) is 18.9 Å². The minimum Gasteiger partial charge on any atom is -0.496 e. The van der Waals surface area contributed by atoms with Crippen molar-refractivity contribution in [3.63, 3.8) is 0 Å². The number of benzene rings is 1. The Morgan fingerprint density at radius 3 is 2.26 bits per heavy atom. The molecule has 2 aromatic rings. The van der Waals surface area contributed by atoms with E-state index in [9.17, 15) is 14.4 Å². The van der Waals surface area contributed by atoms with Gasteiger partial charge in [-0.2, -0.15) is 0 Å².